The molecule has 0 aliphatic rings. The van der Waals surface area contributed by atoms with Crippen molar-refractivity contribution in [2.24, 2.45) is 11.7 Å². The zero-order valence-electron chi connectivity index (χ0n) is 14.8. The number of nitrogens with zero attached hydrogens (tertiary/aromatic N) is 1. The number of pyridine rings is 1. The molecule has 26 heavy (non-hydrogen) atoms. The van der Waals surface area contributed by atoms with E-state index in [2.05, 4.69) is 15.0 Å². The number of hydrogen-bond acceptors (Lipinski definition) is 4. The van der Waals surface area contributed by atoms with E-state index in [4.69, 9.17) is 5.73 Å². The lowest BCUT2D eigenvalue weighted by molar-refractivity contribution is -0.148. The standard InChI is InChI=1S/C16H23F4N3O2.ClH/c1-10(2)6-15(3,8-21)23-13(24)11-4-5-12(22-7-11)25-9-16(19,20)14(17)18;/h4-5,7,10,14H,6,8-9,21H2,1-3H3,(H,23,24);1H. The molecule has 0 aromatic carbocycles. The molecule has 5 nitrogen and oxygen atoms in total. The third kappa shape index (κ3) is 7.33. The first-order chi connectivity index (χ1) is 11.5. The van der Waals surface area contributed by atoms with Crippen LogP contribution < -0.4 is 15.8 Å². The van der Waals surface area contributed by atoms with Gasteiger partial charge in [-0.25, -0.2) is 13.8 Å². The van der Waals surface area contributed by atoms with E-state index in [-0.39, 0.29) is 30.4 Å². The highest BCUT2D eigenvalue weighted by molar-refractivity contribution is 5.94. The Morgan fingerprint density at radius 1 is 1.35 bits per heavy atom. The molecule has 0 saturated heterocycles. The highest BCUT2D eigenvalue weighted by atomic mass is 35.5. The first-order valence-corrected chi connectivity index (χ1v) is 7.76. The van der Waals surface area contributed by atoms with E-state index in [0.717, 1.165) is 6.20 Å². The summed E-state index contributed by atoms with van der Waals surface area (Å²) in [7, 11) is 0. The predicted molar refractivity (Wildman–Crippen MR) is 92.3 cm³/mol. The van der Waals surface area contributed by atoms with Gasteiger partial charge in [-0.05, 0) is 25.3 Å². The van der Waals surface area contributed by atoms with Crippen molar-refractivity contribution in [2.45, 2.75) is 45.1 Å². The minimum atomic E-state index is -4.27. The number of rotatable bonds is 9. The zero-order valence-corrected chi connectivity index (χ0v) is 15.6. The minimum absolute atomic E-state index is 0. The number of nitrogens with one attached hydrogen (secondary N) is 1. The largest absolute Gasteiger partial charge is 0.471 e. The van der Waals surface area contributed by atoms with Crippen LogP contribution in [0, 0.1) is 5.92 Å². The summed E-state index contributed by atoms with van der Waals surface area (Å²) < 4.78 is 54.2. The first-order valence-electron chi connectivity index (χ1n) is 7.76. The van der Waals surface area contributed by atoms with Crippen molar-refractivity contribution < 1.29 is 27.1 Å². The zero-order chi connectivity index (χ0) is 19.3. The molecule has 0 bridgehead atoms. The van der Waals surface area contributed by atoms with Gasteiger partial charge in [-0.2, -0.15) is 8.78 Å². The third-order valence-electron chi connectivity index (χ3n) is 3.45. The average Bonchev–Trinajstić information content (AvgIpc) is 2.52. The molecule has 150 valence electrons. The average molecular weight is 402 g/mol. The maximum absolute atomic E-state index is 12.8. The van der Waals surface area contributed by atoms with Crippen LogP contribution in [0.4, 0.5) is 17.6 Å². The SMILES string of the molecule is CC(C)CC(C)(CN)NC(=O)c1ccc(OCC(F)(F)C(F)F)nc1.Cl. The lowest BCUT2D eigenvalue weighted by Crippen LogP contribution is -2.52. The Balaban J connectivity index is 0.00000625. The number of alkyl halides is 4. The van der Waals surface area contributed by atoms with E-state index in [1.54, 1.807) is 0 Å². The van der Waals surface area contributed by atoms with E-state index in [1.807, 2.05) is 20.8 Å². The topological polar surface area (TPSA) is 77.2 Å². The molecule has 0 aliphatic heterocycles. The molecular formula is C16H24ClF4N3O2. The quantitative estimate of drug-likeness (QED) is 0.622. The van der Waals surface area contributed by atoms with Crippen molar-refractivity contribution in [3.05, 3.63) is 23.9 Å². The highest BCUT2D eigenvalue weighted by Gasteiger charge is 2.41. The molecular weight excluding hydrogens is 378 g/mol. The summed E-state index contributed by atoms with van der Waals surface area (Å²) in [6.07, 6.45) is -2.03. The van der Waals surface area contributed by atoms with Crippen molar-refractivity contribution >= 4 is 18.3 Å². The lowest BCUT2D eigenvalue weighted by atomic mass is 9.90. The van der Waals surface area contributed by atoms with E-state index >= 15 is 0 Å². The monoisotopic (exact) mass is 401 g/mol. The van der Waals surface area contributed by atoms with Crippen LogP contribution in [0.25, 0.3) is 0 Å². The maximum Gasteiger partial charge on any atom is 0.340 e. The number of hydrogen-bond donors (Lipinski definition) is 2. The Morgan fingerprint density at radius 3 is 2.38 bits per heavy atom. The Hall–Kier alpha value is -1.61. The van der Waals surface area contributed by atoms with Gasteiger partial charge in [-0.15, -0.1) is 12.4 Å². The second kappa shape index (κ2) is 9.91. The number of carbonyl (C=O) groups excluding carboxylic acids is 1. The molecule has 1 rings (SSSR count). The van der Waals surface area contributed by atoms with Gasteiger partial charge in [0.1, 0.15) is 0 Å². The van der Waals surface area contributed by atoms with Crippen molar-refractivity contribution in [1.82, 2.24) is 10.3 Å². The van der Waals surface area contributed by atoms with Crippen molar-refractivity contribution in [2.75, 3.05) is 13.2 Å². The number of amides is 1. The Bertz CT molecular complexity index is 573. The summed E-state index contributed by atoms with van der Waals surface area (Å²) in [5.41, 5.74) is 5.31. The number of ether oxygens (including phenoxy) is 1. The first kappa shape index (κ1) is 24.4. The van der Waals surface area contributed by atoms with Gasteiger partial charge in [0, 0.05) is 24.3 Å². The fourth-order valence-corrected chi connectivity index (χ4v) is 2.27. The van der Waals surface area contributed by atoms with Gasteiger partial charge in [0.2, 0.25) is 5.88 Å². The van der Waals surface area contributed by atoms with Gasteiger partial charge in [0.15, 0.2) is 6.61 Å². The van der Waals surface area contributed by atoms with Crippen molar-refractivity contribution in [1.29, 1.82) is 0 Å². The normalized spacial score (nSPS) is 13.9. The van der Waals surface area contributed by atoms with Crippen LogP contribution in [-0.2, 0) is 0 Å². The molecule has 1 unspecified atom stereocenters. The highest BCUT2D eigenvalue weighted by Crippen LogP contribution is 2.23. The fraction of sp³-hybridized carbons (Fsp3) is 0.625. The number of halogens is 5. The van der Waals surface area contributed by atoms with Crippen LogP contribution in [0.2, 0.25) is 0 Å². The Labute approximate surface area is 156 Å². The molecule has 0 spiro atoms. The molecule has 0 radical (unpaired) electrons. The van der Waals surface area contributed by atoms with E-state index < -0.39 is 30.4 Å². The van der Waals surface area contributed by atoms with Gasteiger partial charge < -0.3 is 15.8 Å². The molecule has 3 N–H and O–H groups in total. The van der Waals surface area contributed by atoms with Crippen molar-refractivity contribution in [3.8, 4) is 5.88 Å². The summed E-state index contributed by atoms with van der Waals surface area (Å²) in [5, 5.41) is 2.82. The van der Waals surface area contributed by atoms with Gasteiger partial charge >= 0.3 is 12.3 Å². The van der Waals surface area contributed by atoms with Crippen LogP contribution in [0.5, 0.6) is 5.88 Å². The third-order valence-corrected chi connectivity index (χ3v) is 3.45. The van der Waals surface area contributed by atoms with E-state index in [1.165, 1.54) is 12.1 Å². The van der Waals surface area contributed by atoms with Gasteiger partial charge in [0.05, 0.1) is 5.56 Å². The maximum atomic E-state index is 12.8. The van der Waals surface area contributed by atoms with Crippen LogP contribution in [0.3, 0.4) is 0 Å². The molecule has 0 fully saturated rings. The number of nitrogens with two attached hydrogens (primary N) is 1. The Kier molecular flexibility index (Phi) is 9.30. The molecule has 0 saturated carbocycles. The molecule has 1 amide bonds. The van der Waals surface area contributed by atoms with Gasteiger partial charge in [0.25, 0.3) is 5.91 Å². The second-order valence-electron chi connectivity index (χ2n) is 6.55. The fourth-order valence-electron chi connectivity index (χ4n) is 2.27. The van der Waals surface area contributed by atoms with Crippen LogP contribution in [0.1, 0.15) is 37.6 Å². The summed E-state index contributed by atoms with van der Waals surface area (Å²) in [6.45, 7) is 4.57. The van der Waals surface area contributed by atoms with Crippen LogP contribution >= 0.6 is 12.4 Å². The summed E-state index contributed by atoms with van der Waals surface area (Å²) >= 11 is 0. The summed E-state index contributed by atoms with van der Waals surface area (Å²) in [5.74, 6) is -4.65. The van der Waals surface area contributed by atoms with Gasteiger partial charge in [-0.1, -0.05) is 13.8 Å². The molecule has 10 heteroatoms. The predicted octanol–water partition coefficient (Wildman–Crippen LogP) is 3.28. The van der Waals surface area contributed by atoms with E-state index in [9.17, 15) is 22.4 Å². The molecule has 1 aromatic rings. The lowest BCUT2D eigenvalue weighted by Gasteiger charge is -2.31. The number of aromatic nitrogens is 1. The van der Waals surface area contributed by atoms with Gasteiger partial charge in [-0.3, -0.25) is 4.79 Å². The summed E-state index contributed by atoms with van der Waals surface area (Å²) in [6, 6.07) is 2.48. The van der Waals surface area contributed by atoms with E-state index in [0.29, 0.717) is 12.3 Å². The molecule has 1 atom stereocenters. The van der Waals surface area contributed by atoms with Crippen LogP contribution in [0.15, 0.2) is 18.3 Å². The summed E-state index contributed by atoms with van der Waals surface area (Å²) in [4.78, 5) is 15.9. The second-order valence-corrected chi connectivity index (χ2v) is 6.55. The number of carbonyl (C=O) groups is 1. The smallest absolute Gasteiger partial charge is 0.340 e. The molecule has 0 aliphatic carbocycles. The van der Waals surface area contributed by atoms with Crippen LogP contribution in [-0.4, -0.2) is 41.9 Å². The molecule has 1 aromatic heterocycles. The molecule has 1 heterocycles. The minimum Gasteiger partial charge on any atom is -0.471 e. The van der Waals surface area contributed by atoms with Crippen molar-refractivity contribution in [3.63, 3.8) is 0 Å². The Morgan fingerprint density at radius 2 is 1.96 bits per heavy atom.